The van der Waals surface area contributed by atoms with Crippen molar-refractivity contribution in [3.63, 3.8) is 0 Å². The number of aromatic nitrogens is 1. The maximum atomic E-state index is 12.5. The molecule has 2 aromatic heterocycles. The first-order valence-corrected chi connectivity index (χ1v) is 11.2. The second-order valence-electron chi connectivity index (χ2n) is 7.55. The Kier molecular flexibility index (Phi) is 5.54. The molecule has 0 aliphatic carbocycles. The van der Waals surface area contributed by atoms with Gasteiger partial charge in [-0.3, -0.25) is 9.78 Å². The summed E-state index contributed by atoms with van der Waals surface area (Å²) < 4.78 is 12.7. The fraction of sp³-hybridized carbons (Fsp3) is 0.200. The minimum atomic E-state index is -0.195. The van der Waals surface area contributed by atoms with Crippen LogP contribution in [0.2, 0.25) is 0 Å². The van der Waals surface area contributed by atoms with Gasteiger partial charge in [-0.15, -0.1) is 11.3 Å². The predicted octanol–water partition coefficient (Wildman–Crippen LogP) is 5.45. The first-order valence-electron chi connectivity index (χ1n) is 10.3. The molecule has 6 heteroatoms. The molecule has 0 N–H and O–H groups in total. The van der Waals surface area contributed by atoms with Crippen molar-refractivity contribution >= 4 is 33.2 Å². The molecule has 2 aromatic carbocycles. The maximum absolute atomic E-state index is 12.5. The average molecular weight is 431 g/mol. The van der Waals surface area contributed by atoms with Gasteiger partial charge in [0.05, 0.1) is 28.9 Å². The van der Waals surface area contributed by atoms with E-state index in [1.807, 2.05) is 72.9 Å². The van der Waals surface area contributed by atoms with Crippen molar-refractivity contribution in [1.82, 2.24) is 4.98 Å². The zero-order chi connectivity index (χ0) is 21.0. The number of pyridine rings is 1. The molecule has 1 atom stereocenters. The number of carbonyl (C=O) groups excluding carboxylic acids is 1. The summed E-state index contributed by atoms with van der Waals surface area (Å²) in [6.45, 7) is 1.59. The molecular weight excluding hydrogens is 408 g/mol. The lowest BCUT2D eigenvalue weighted by atomic mass is 10.1. The number of hydrogen-bond donors (Lipinski definition) is 0. The molecule has 4 aromatic rings. The quantitative estimate of drug-likeness (QED) is 0.381. The molecule has 1 saturated heterocycles. The Hall–Kier alpha value is -3.38. The summed E-state index contributed by atoms with van der Waals surface area (Å²) in [5.41, 5.74) is 3.10. The number of benzene rings is 2. The molecular formula is C25H22N2O3S. The van der Waals surface area contributed by atoms with Crippen LogP contribution in [0.3, 0.4) is 0 Å². The number of carbonyl (C=O) groups is 1. The maximum Gasteiger partial charge on any atom is 0.310 e. The molecule has 3 heterocycles. The fourth-order valence-corrected chi connectivity index (χ4v) is 4.74. The van der Waals surface area contributed by atoms with E-state index in [0.29, 0.717) is 6.54 Å². The highest BCUT2D eigenvalue weighted by atomic mass is 32.1. The topological polar surface area (TPSA) is 51.7 Å². The normalized spacial score (nSPS) is 15.9. The lowest BCUT2D eigenvalue weighted by Crippen LogP contribution is -2.25. The Morgan fingerprint density at radius 1 is 1.03 bits per heavy atom. The third-order valence-corrected chi connectivity index (χ3v) is 6.28. The van der Waals surface area contributed by atoms with Crippen LogP contribution in [0.15, 0.2) is 78.3 Å². The number of nitrogens with zero attached hydrogens (tertiary/aromatic N) is 2. The minimum absolute atomic E-state index is 0.0867. The van der Waals surface area contributed by atoms with Gasteiger partial charge in [-0.25, -0.2) is 0 Å². The van der Waals surface area contributed by atoms with Crippen molar-refractivity contribution in [2.45, 2.75) is 18.9 Å². The van der Waals surface area contributed by atoms with Gasteiger partial charge in [0.2, 0.25) is 0 Å². The van der Waals surface area contributed by atoms with Gasteiger partial charge in [-0.2, -0.15) is 0 Å². The molecule has 156 valence electrons. The molecule has 0 amide bonds. The molecule has 5 rings (SSSR count). The van der Waals surface area contributed by atoms with E-state index >= 15 is 0 Å². The predicted molar refractivity (Wildman–Crippen MR) is 123 cm³/mol. The van der Waals surface area contributed by atoms with E-state index < -0.39 is 0 Å². The van der Waals surface area contributed by atoms with E-state index in [0.717, 1.165) is 35.5 Å². The smallest absolute Gasteiger partial charge is 0.310 e. The monoisotopic (exact) mass is 430 g/mol. The lowest BCUT2D eigenvalue weighted by Gasteiger charge is -2.19. The highest BCUT2D eigenvalue weighted by Gasteiger charge is 2.27. The first kappa shape index (κ1) is 19.6. The zero-order valence-corrected chi connectivity index (χ0v) is 17.8. The highest BCUT2D eigenvalue weighted by molar-refractivity contribution is 7.17. The number of fused-ring (bicyclic) bond motifs is 1. The minimum Gasteiger partial charge on any atom is -0.460 e. The summed E-state index contributed by atoms with van der Waals surface area (Å²) >= 11 is 1.70. The van der Waals surface area contributed by atoms with Crippen LogP contribution in [0.4, 0.5) is 5.69 Å². The van der Waals surface area contributed by atoms with Gasteiger partial charge in [0, 0.05) is 19.2 Å². The Morgan fingerprint density at radius 3 is 2.68 bits per heavy atom. The van der Waals surface area contributed by atoms with Crippen LogP contribution in [-0.4, -0.2) is 30.1 Å². The summed E-state index contributed by atoms with van der Waals surface area (Å²) in [5, 5.41) is 2.06. The van der Waals surface area contributed by atoms with Crippen LogP contribution < -0.4 is 9.64 Å². The van der Waals surface area contributed by atoms with Gasteiger partial charge in [0.15, 0.2) is 0 Å². The molecule has 1 aliphatic heterocycles. The average Bonchev–Trinajstić information content (AvgIpc) is 3.45. The Morgan fingerprint density at radius 2 is 1.84 bits per heavy atom. The summed E-state index contributed by atoms with van der Waals surface area (Å²) in [5.74, 6) is 1.33. The van der Waals surface area contributed by atoms with Gasteiger partial charge < -0.3 is 14.4 Å². The molecule has 0 saturated carbocycles. The van der Waals surface area contributed by atoms with Gasteiger partial charge in [-0.1, -0.05) is 30.3 Å². The molecule has 1 aliphatic rings. The largest absolute Gasteiger partial charge is 0.460 e. The van der Waals surface area contributed by atoms with E-state index in [4.69, 9.17) is 9.47 Å². The zero-order valence-electron chi connectivity index (χ0n) is 16.9. The Balaban J connectivity index is 1.15. The molecule has 5 nitrogen and oxygen atoms in total. The summed E-state index contributed by atoms with van der Waals surface area (Å²) in [6.07, 6.45) is 2.85. The standard InChI is InChI=1S/C25H22N2O3S/c28-24(16-18-6-8-20(9-7-18)29-19-4-2-1-3-5-19)30-21-11-14-27(17-21)23-10-13-26-22-12-15-31-25(22)23/h1-10,12-13,15,21H,11,14,16-17H2. The van der Waals surface area contributed by atoms with Crippen molar-refractivity contribution in [3.8, 4) is 11.5 Å². The van der Waals surface area contributed by atoms with Gasteiger partial charge >= 0.3 is 5.97 Å². The number of thiophene rings is 1. The summed E-state index contributed by atoms with van der Waals surface area (Å²) in [7, 11) is 0. The third kappa shape index (κ3) is 4.54. The first-order chi connectivity index (χ1) is 15.2. The van der Waals surface area contributed by atoms with Crippen LogP contribution >= 0.6 is 11.3 Å². The summed E-state index contributed by atoms with van der Waals surface area (Å²) in [4.78, 5) is 19.2. The number of anilines is 1. The molecule has 1 unspecified atom stereocenters. The van der Waals surface area contributed by atoms with Crippen LogP contribution in [-0.2, 0) is 16.0 Å². The van der Waals surface area contributed by atoms with Crippen molar-refractivity contribution < 1.29 is 14.3 Å². The molecule has 0 bridgehead atoms. The SMILES string of the molecule is O=C(Cc1ccc(Oc2ccccc2)cc1)OC1CCN(c2ccnc3ccsc23)C1. The number of ether oxygens (including phenoxy) is 2. The van der Waals surface area contributed by atoms with E-state index in [1.54, 1.807) is 11.3 Å². The van der Waals surface area contributed by atoms with Crippen LogP contribution in [0.5, 0.6) is 11.5 Å². The number of rotatable bonds is 6. The van der Waals surface area contributed by atoms with Crippen LogP contribution in [0.1, 0.15) is 12.0 Å². The second kappa shape index (κ2) is 8.78. The summed E-state index contributed by atoms with van der Waals surface area (Å²) in [6, 6.07) is 21.3. The van der Waals surface area contributed by atoms with Gasteiger partial charge in [0.25, 0.3) is 0 Å². The Bertz CT molecular complexity index is 1170. The van der Waals surface area contributed by atoms with Crippen LogP contribution in [0.25, 0.3) is 10.2 Å². The molecule has 1 fully saturated rings. The Labute approximate surface area is 184 Å². The van der Waals surface area contributed by atoms with Gasteiger partial charge in [0.1, 0.15) is 17.6 Å². The molecule has 0 radical (unpaired) electrons. The van der Waals surface area contributed by atoms with Crippen molar-refractivity contribution in [2.24, 2.45) is 0 Å². The van der Waals surface area contributed by atoms with E-state index in [2.05, 4.69) is 15.3 Å². The van der Waals surface area contributed by atoms with Gasteiger partial charge in [-0.05, 0) is 47.3 Å². The number of esters is 1. The van der Waals surface area contributed by atoms with E-state index in [-0.39, 0.29) is 18.5 Å². The second-order valence-corrected chi connectivity index (χ2v) is 8.46. The van der Waals surface area contributed by atoms with Crippen molar-refractivity contribution in [3.05, 3.63) is 83.9 Å². The van der Waals surface area contributed by atoms with E-state index in [9.17, 15) is 4.79 Å². The third-order valence-electron chi connectivity index (χ3n) is 5.36. The molecule has 0 spiro atoms. The van der Waals surface area contributed by atoms with E-state index in [1.165, 1.54) is 10.4 Å². The highest BCUT2D eigenvalue weighted by Crippen LogP contribution is 2.32. The van der Waals surface area contributed by atoms with Crippen molar-refractivity contribution in [1.29, 1.82) is 0 Å². The number of para-hydroxylation sites is 1. The fourth-order valence-electron chi connectivity index (χ4n) is 3.85. The number of hydrogen-bond acceptors (Lipinski definition) is 6. The molecule has 31 heavy (non-hydrogen) atoms. The van der Waals surface area contributed by atoms with Crippen LogP contribution in [0, 0.1) is 0 Å². The van der Waals surface area contributed by atoms with Crippen molar-refractivity contribution in [2.75, 3.05) is 18.0 Å². The lowest BCUT2D eigenvalue weighted by molar-refractivity contribution is -0.147.